The number of carbonyl (C=O) groups excluding carboxylic acids is 3. The van der Waals surface area contributed by atoms with Gasteiger partial charge >= 0.3 is 0 Å². The lowest BCUT2D eigenvalue weighted by molar-refractivity contribution is -0.149. The van der Waals surface area contributed by atoms with Crippen LogP contribution in [0.5, 0.6) is 0 Å². The summed E-state index contributed by atoms with van der Waals surface area (Å²) in [5.74, 6) is -1.74. The molecule has 1 unspecified atom stereocenters. The van der Waals surface area contributed by atoms with E-state index in [9.17, 15) is 19.5 Å². The molecular formula is C16H12N2O4. The van der Waals surface area contributed by atoms with Crippen molar-refractivity contribution in [3.63, 3.8) is 0 Å². The van der Waals surface area contributed by atoms with Crippen molar-refractivity contribution in [1.29, 1.82) is 0 Å². The summed E-state index contributed by atoms with van der Waals surface area (Å²) in [5.41, 5.74) is -1.10. The van der Waals surface area contributed by atoms with E-state index in [1.54, 1.807) is 24.3 Å². The van der Waals surface area contributed by atoms with Gasteiger partial charge in [0.25, 0.3) is 11.8 Å². The number of aliphatic hydroxyl groups is 1. The minimum Gasteiger partial charge on any atom is -0.363 e. The van der Waals surface area contributed by atoms with Gasteiger partial charge in [0.2, 0.25) is 11.6 Å². The first-order valence-electron chi connectivity index (χ1n) is 6.95. The van der Waals surface area contributed by atoms with Crippen LogP contribution in [0.4, 0.5) is 5.69 Å². The lowest BCUT2D eigenvalue weighted by Gasteiger charge is -2.38. The molecule has 2 N–H and O–H groups in total. The molecule has 2 aromatic carbocycles. The van der Waals surface area contributed by atoms with Crippen LogP contribution in [-0.2, 0) is 9.59 Å². The Bertz CT molecular complexity index is 855. The average molecular weight is 296 g/mol. The molecule has 0 aliphatic carbocycles. The third-order valence-corrected chi connectivity index (χ3v) is 4.24. The number of piperidine rings is 1. The first-order valence-corrected chi connectivity index (χ1v) is 6.95. The van der Waals surface area contributed by atoms with E-state index in [4.69, 9.17) is 0 Å². The zero-order chi connectivity index (χ0) is 15.5. The Morgan fingerprint density at radius 3 is 2.55 bits per heavy atom. The van der Waals surface area contributed by atoms with Crippen molar-refractivity contribution < 1.29 is 19.5 Å². The molecule has 0 spiro atoms. The Hall–Kier alpha value is -2.73. The molecule has 3 amide bonds. The predicted molar refractivity (Wildman–Crippen MR) is 78.1 cm³/mol. The Morgan fingerprint density at radius 2 is 1.82 bits per heavy atom. The molecular weight excluding hydrogens is 284 g/mol. The van der Waals surface area contributed by atoms with Crippen molar-refractivity contribution >= 4 is 34.2 Å². The van der Waals surface area contributed by atoms with Gasteiger partial charge in [-0.3, -0.25) is 24.6 Å². The van der Waals surface area contributed by atoms with Gasteiger partial charge in [0.1, 0.15) is 0 Å². The quantitative estimate of drug-likeness (QED) is 0.766. The van der Waals surface area contributed by atoms with Crippen LogP contribution >= 0.6 is 0 Å². The van der Waals surface area contributed by atoms with Crippen LogP contribution in [0.1, 0.15) is 23.2 Å². The summed E-state index contributed by atoms with van der Waals surface area (Å²) in [6, 6.07) is 10.6. The Morgan fingerprint density at radius 1 is 1.09 bits per heavy atom. The highest BCUT2D eigenvalue weighted by Crippen LogP contribution is 2.42. The monoisotopic (exact) mass is 296 g/mol. The van der Waals surface area contributed by atoms with Crippen LogP contribution in [0.2, 0.25) is 0 Å². The normalized spacial score (nSPS) is 24.0. The van der Waals surface area contributed by atoms with Crippen LogP contribution in [0, 0.1) is 0 Å². The van der Waals surface area contributed by atoms with E-state index in [0.717, 1.165) is 10.3 Å². The van der Waals surface area contributed by atoms with Crippen LogP contribution in [0.25, 0.3) is 10.8 Å². The smallest absolute Gasteiger partial charge is 0.280 e. The standard InChI is InChI=1S/C16H12N2O4/c19-12-7-8-16(22,15(21)17-12)18-11-6-2-4-9-3-1-5-10(13(9)11)14(18)20/h1-6,22H,7-8H2,(H,17,19,21). The highest BCUT2D eigenvalue weighted by atomic mass is 16.3. The number of rotatable bonds is 1. The van der Waals surface area contributed by atoms with Gasteiger partial charge in [-0.05, 0) is 17.5 Å². The summed E-state index contributed by atoms with van der Waals surface area (Å²) >= 11 is 0. The molecule has 22 heavy (non-hydrogen) atoms. The lowest BCUT2D eigenvalue weighted by Crippen LogP contribution is -2.64. The van der Waals surface area contributed by atoms with Crippen molar-refractivity contribution in [3.05, 3.63) is 42.0 Å². The van der Waals surface area contributed by atoms with Gasteiger partial charge in [-0.15, -0.1) is 0 Å². The fourth-order valence-electron chi connectivity index (χ4n) is 3.19. The van der Waals surface area contributed by atoms with Gasteiger partial charge in [-0.25, -0.2) is 0 Å². The SMILES string of the molecule is O=C1CCC(O)(N2C(=O)c3cccc4cccc2c34)C(=O)N1. The average Bonchev–Trinajstić information content (AvgIpc) is 2.79. The minimum atomic E-state index is -2.04. The second-order valence-corrected chi connectivity index (χ2v) is 5.52. The first-order chi connectivity index (χ1) is 10.5. The number of imide groups is 1. The molecule has 1 fully saturated rings. The topological polar surface area (TPSA) is 86.7 Å². The zero-order valence-electron chi connectivity index (χ0n) is 11.5. The van der Waals surface area contributed by atoms with Gasteiger partial charge < -0.3 is 5.11 Å². The largest absolute Gasteiger partial charge is 0.363 e. The second-order valence-electron chi connectivity index (χ2n) is 5.52. The molecule has 0 saturated carbocycles. The maximum Gasteiger partial charge on any atom is 0.280 e. The van der Waals surface area contributed by atoms with Gasteiger partial charge in [-0.2, -0.15) is 0 Å². The van der Waals surface area contributed by atoms with Gasteiger partial charge in [0.05, 0.1) is 5.69 Å². The number of carbonyl (C=O) groups is 3. The summed E-state index contributed by atoms with van der Waals surface area (Å²) < 4.78 is 0. The van der Waals surface area contributed by atoms with Crippen molar-refractivity contribution in [3.8, 4) is 0 Å². The van der Waals surface area contributed by atoms with Crippen molar-refractivity contribution in [1.82, 2.24) is 5.32 Å². The number of hydrogen-bond donors (Lipinski definition) is 2. The van der Waals surface area contributed by atoms with E-state index in [1.165, 1.54) is 0 Å². The van der Waals surface area contributed by atoms with Crippen LogP contribution in [-0.4, -0.2) is 28.6 Å². The molecule has 0 aromatic heterocycles. The Labute approximate surface area is 125 Å². The number of amides is 3. The van der Waals surface area contributed by atoms with Crippen molar-refractivity contribution in [2.45, 2.75) is 18.6 Å². The maximum atomic E-state index is 12.7. The van der Waals surface area contributed by atoms with Crippen LogP contribution in [0.3, 0.4) is 0 Å². The van der Waals surface area contributed by atoms with Crippen molar-refractivity contribution in [2.24, 2.45) is 0 Å². The van der Waals surface area contributed by atoms with E-state index >= 15 is 0 Å². The molecule has 1 saturated heterocycles. The first kappa shape index (κ1) is 13.0. The number of benzene rings is 2. The van der Waals surface area contributed by atoms with Crippen LogP contribution in [0.15, 0.2) is 36.4 Å². The summed E-state index contributed by atoms with van der Waals surface area (Å²) in [6.07, 6.45) is -0.133. The third-order valence-electron chi connectivity index (χ3n) is 4.24. The predicted octanol–water partition coefficient (Wildman–Crippen LogP) is 0.925. The van der Waals surface area contributed by atoms with Crippen LogP contribution < -0.4 is 10.2 Å². The molecule has 6 nitrogen and oxygen atoms in total. The van der Waals surface area contributed by atoms with Crippen molar-refractivity contribution in [2.75, 3.05) is 4.90 Å². The highest BCUT2D eigenvalue weighted by Gasteiger charge is 2.51. The number of hydrogen-bond acceptors (Lipinski definition) is 4. The van der Waals surface area contributed by atoms with Gasteiger partial charge in [0.15, 0.2) is 0 Å². The Kier molecular flexibility index (Phi) is 2.44. The van der Waals surface area contributed by atoms with Gasteiger partial charge in [0, 0.05) is 23.8 Å². The second kappa shape index (κ2) is 4.14. The number of anilines is 1. The minimum absolute atomic E-state index is 0.0155. The van der Waals surface area contributed by atoms with E-state index in [2.05, 4.69) is 5.32 Å². The molecule has 2 aromatic rings. The summed E-state index contributed by atoms with van der Waals surface area (Å²) in [5, 5.41) is 14.5. The van der Waals surface area contributed by atoms with E-state index < -0.39 is 23.4 Å². The molecule has 110 valence electrons. The number of nitrogens with zero attached hydrogens (tertiary/aromatic N) is 1. The van der Waals surface area contributed by atoms with E-state index in [-0.39, 0.29) is 12.8 Å². The Balaban J connectivity index is 1.92. The molecule has 2 aliphatic rings. The van der Waals surface area contributed by atoms with E-state index in [0.29, 0.717) is 16.6 Å². The molecule has 6 heteroatoms. The molecule has 2 heterocycles. The lowest BCUT2D eigenvalue weighted by atomic mass is 9.99. The fraction of sp³-hybridized carbons (Fsp3) is 0.188. The summed E-state index contributed by atoms with van der Waals surface area (Å²) in [6.45, 7) is 0. The molecule has 0 bridgehead atoms. The highest BCUT2D eigenvalue weighted by molar-refractivity contribution is 6.27. The third kappa shape index (κ3) is 1.50. The summed E-state index contributed by atoms with van der Waals surface area (Å²) in [4.78, 5) is 37.3. The number of nitrogens with one attached hydrogen (secondary N) is 1. The fourth-order valence-corrected chi connectivity index (χ4v) is 3.19. The molecule has 0 radical (unpaired) electrons. The van der Waals surface area contributed by atoms with Gasteiger partial charge in [-0.1, -0.05) is 24.3 Å². The summed E-state index contributed by atoms with van der Waals surface area (Å²) in [7, 11) is 0. The van der Waals surface area contributed by atoms with E-state index in [1.807, 2.05) is 12.1 Å². The maximum absolute atomic E-state index is 12.7. The zero-order valence-corrected chi connectivity index (χ0v) is 11.5. The molecule has 2 aliphatic heterocycles. The molecule has 1 atom stereocenters. The molecule has 4 rings (SSSR count).